The first-order valence-electron chi connectivity index (χ1n) is 10.2. The summed E-state index contributed by atoms with van der Waals surface area (Å²) in [5.41, 5.74) is 0.798. The number of aromatic nitrogens is 3. The smallest absolute Gasteiger partial charge is 0.191 e. The molecule has 0 spiro atoms. The molecule has 31 heavy (non-hydrogen) atoms. The van der Waals surface area contributed by atoms with Crippen molar-refractivity contribution in [2.75, 3.05) is 25.1 Å². The maximum atomic E-state index is 10.6. The summed E-state index contributed by atoms with van der Waals surface area (Å²) in [6.45, 7) is 7.41. The molecule has 1 aromatic carbocycles. The molecule has 10 heteroatoms. The van der Waals surface area contributed by atoms with Gasteiger partial charge in [0.05, 0.1) is 12.2 Å². The van der Waals surface area contributed by atoms with E-state index >= 15 is 0 Å². The van der Waals surface area contributed by atoms with Gasteiger partial charge in [-0.05, 0) is 56.9 Å². The Morgan fingerprint density at radius 2 is 2.06 bits per heavy atom. The molecule has 1 atom stereocenters. The molecule has 0 saturated heterocycles. The zero-order valence-electron chi connectivity index (χ0n) is 19.0. The van der Waals surface area contributed by atoms with Crippen molar-refractivity contribution in [3.05, 3.63) is 41.5 Å². The van der Waals surface area contributed by atoms with Crippen LogP contribution in [-0.2, 0) is 13.6 Å². The van der Waals surface area contributed by atoms with Crippen molar-refractivity contribution in [1.29, 1.82) is 0 Å². The Balaban J connectivity index is 0.00000480. The van der Waals surface area contributed by atoms with Crippen molar-refractivity contribution in [3.63, 3.8) is 0 Å². The van der Waals surface area contributed by atoms with Crippen LogP contribution in [0.1, 0.15) is 43.6 Å². The Kier molecular flexibility index (Phi) is 12.9. The van der Waals surface area contributed by atoms with Gasteiger partial charge in [-0.3, -0.25) is 0 Å². The third-order valence-corrected chi connectivity index (χ3v) is 5.15. The highest BCUT2D eigenvalue weighted by Crippen LogP contribution is 2.20. The Morgan fingerprint density at radius 1 is 1.29 bits per heavy atom. The Labute approximate surface area is 206 Å². The highest BCUT2D eigenvalue weighted by atomic mass is 127. The van der Waals surface area contributed by atoms with Gasteiger partial charge in [0.2, 0.25) is 0 Å². The van der Waals surface area contributed by atoms with E-state index in [4.69, 9.17) is 4.74 Å². The Bertz CT molecular complexity index is 815. The number of aliphatic hydroxyl groups excluding tert-OH is 1. The first-order valence-corrected chi connectivity index (χ1v) is 11.6. The van der Waals surface area contributed by atoms with Gasteiger partial charge in [0.25, 0.3) is 0 Å². The average Bonchev–Trinajstić information content (AvgIpc) is 3.04. The number of halogens is 1. The summed E-state index contributed by atoms with van der Waals surface area (Å²) in [4.78, 5) is 4.62. The number of guanidine groups is 1. The second kappa shape index (κ2) is 14.5. The number of rotatable bonds is 11. The van der Waals surface area contributed by atoms with E-state index in [1.165, 1.54) is 0 Å². The van der Waals surface area contributed by atoms with Crippen molar-refractivity contribution in [2.45, 2.75) is 45.9 Å². The molecule has 0 aliphatic heterocycles. The van der Waals surface area contributed by atoms with E-state index < -0.39 is 6.10 Å². The van der Waals surface area contributed by atoms with Crippen LogP contribution in [-0.4, -0.2) is 57.0 Å². The molecular weight excluding hydrogens is 527 g/mol. The van der Waals surface area contributed by atoms with E-state index in [1.54, 1.807) is 0 Å². The van der Waals surface area contributed by atoms with Gasteiger partial charge in [-0.25, -0.2) is 4.99 Å². The third kappa shape index (κ3) is 9.65. The van der Waals surface area contributed by atoms with Gasteiger partial charge in [0, 0.05) is 20.1 Å². The fourth-order valence-corrected chi connectivity index (χ4v) is 3.15. The molecule has 8 nitrogen and oxygen atoms in total. The molecule has 0 aliphatic rings. The molecule has 0 bridgehead atoms. The molecule has 174 valence electrons. The number of thioether (sulfide) groups is 1. The minimum absolute atomic E-state index is 0. The number of nitrogens with one attached hydrogen (secondary N) is 2. The third-order valence-electron chi connectivity index (χ3n) is 4.46. The fraction of sp³-hybridized carbons (Fsp3) is 0.571. The summed E-state index contributed by atoms with van der Waals surface area (Å²) in [6, 6.07) is 7.55. The van der Waals surface area contributed by atoms with Gasteiger partial charge in [-0.1, -0.05) is 12.1 Å². The number of hydrogen-bond donors (Lipinski definition) is 3. The van der Waals surface area contributed by atoms with E-state index in [0.717, 1.165) is 41.7 Å². The summed E-state index contributed by atoms with van der Waals surface area (Å²) in [5, 5.41) is 25.4. The van der Waals surface area contributed by atoms with Gasteiger partial charge in [-0.2, -0.15) is 11.8 Å². The van der Waals surface area contributed by atoms with E-state index in [-0.39, 0.29) is 30.1 Å². The Morgan fingerprint density at radius 3 is 2.71 bits per heavy atom. The van der Waals surface area contributed by atoms with Crippen LogP contribution >= 0.6 is 35.7 Å². The van der Waals surface area contributed by atoms with Gasteiger partial charge in [0.1, 0.15) is 18.1 Å². The summed E-state index contributed by atoms with van der Waals surface area (Å²) in [7, 11) is 1.93. The molecule has 1 unspecified atom stereocenters. The van der Waals surface area contributed by atoms with E-state index in [2.05, 4.69) is 32.1 Å². The molecule has 2 rings (SSSR count). The maximum absolute atomic E-state index is 10.6. The summed E-state index contributed by atoms with van der Waals surface area (Å²) in [6.07, 6.45) is 2.53. The second-order valence-electron chi connectivity index (χ2n) is 7.30. The normalized spacial score (nSPS) is 12.4. The molecule has 0 saturated carbocycles. The standard InChI is InChI=1S/C21H34N6O2S.HI/c1-15(2)29-18-9-6-8-17(12-18)19(28)13-23-21(22-10-7-11-30-5)24-14-20-26-25-16(3)27(20)4;/h6,8-9,12,15,19,28H,7,10-11,13-14H2,1-5H3,(H2,22,23,24);1H. The largest absolute Gasteiger partial charge is 0.491 e. The zero-order valence-corrected chi connectivity index (χ0v) is 22.1. The number of nitrogens with zero attached hydrogens (tertiary/aromatic N) is 4. The lowest BCUT2D eigenvalue weighted by molar-refractivity contribution is 0.179. The highest BCUT2D eigenvalue weighted by molar-refractivity contribution is 14.0. The lowest BCUT2D eigenvalue weighted by Crippen LogP contribution is -2.40. The lowest BCUT2D eigenvalue weighted by Gasteiger charge is -2.17. The molecular formula is C21H35IN6O2S. The number of aryl methyl sites for hydroxylation is 1. The van der Waals surface area contributed by atoms with Crippen molar-refractivity contribution in [1.82, 2.24) is 25.4 Å². The number of aliphatic imine (C=N–C) groups is 1. The predicted molar refractivity (Wildman–Crippen MR) is 138 cm³/mol. The van der Waals surface area contributed by atoms with Crippen LogP contribution in [0.3, 0.4) is 0 Å². The van der Waals surface area contributed by atoms with E-state index in [9.17, 15) is 5.11 Å². The summed E-state index contributed by atoms with van der Waals surface area (Å²) < 4.78 is 7.64. The van der Waals surface area contributed by atoms with E-state index in [0.29, 0.717) is 19.0 Å². The first-order chi connectivity index (χ1) is 14.4. The first kappa shape index (κ1) is 27.5. The van der Waals surface area contributed by atoms with Gasteiger partial charge < -0.3 is 25.0 Å². The van der Waals surface area contributed by atoms with Crippen LogP contribution in [0.4, 0.5) is 0 Å². The van der Waals surface area contributed by atoms with Gasteiger partial charge >= 0.3 is 0 Å². The minimum atomic E-state index is -0.684. The molecule has 1 heterocycles. The number of hydrogen-bond acceptors (Lipinski definition) is 6. The molecule has 1 aromatic heterocycles. The van der Waals surface area contributed by atoms with Crippen molar-refractivity contribution >= 4 is 41.7 Å². The maximum Gasteiger partial charge on any atom is 0.191 e. The number of ether oxygens (including phenoxy) is 1. The van der Waals surface area contributed by atoms with Crippen LogP contribution in [0.5, 0.6) is 5.75 Å². The van der Waals surface area contributed by atoms with E-state index in [1.807, 2.05) is 68.4 Å². The number of aliphatic hydroxyl groups is 1. The van der Waals surface area contributed by atoms with Crippen LogP contribution in [0.2, 0.25) is 0 Å². The van der Waals surface area contributed by atoms with Crippen LogP contribution in [0.25, 0.3) is 0 Å². The average molecular weight is 563 g/mol. The molecule has 0 amide bonds. The topological polar surface area (TPSA) is 96.6 Å². The fourth-order valence-electron chi connectivity index (χ4n) is 2.71. The lowest BCUT2D eigenvalue weighted by atomic mass is 10.1. The molecule has 2 aromatic rings. The molecule has 3 N–H and O–H groups in total. The quantitative estimate of drug-likeness (QED) is 0.168. The molecule has 0 fully saturated rings. The van der Waals surface area contributed by atoms with Crippen molar-refractivity contribution in [3.8, 4) is 5.75 Å². The van der Waals surface area contributed by atoms with Gasteiger partial charge in [-0.15, -0.1) is 34.2 Å². The van der Waals surface area contributed by atoms with Crippen LogP contribution in [0, 0.1) is 6.92 Å². The van der Waals surface area contributed by atoms with Gasteiger partial charge in [0.15, 0.2) is 11.8 Å². The van der Waals surface area contributed by atoms with Crippen molar-refractivity contribution in [2.24, 2.45) is 12.0 Å². The summed E-state index contributed by atoms with van der Waals surface area (Å²) >= 11 is 1.82. The minimum Gasteiger partial charge on any atom is -0.491 e. The van der Waals surface area contributed by atoms with Crippen LogP contribution in [0.15, 0.2) is 29.3 Å². The second-order valence-corrected chi connectivity index (χ2v) is 8.28. The monoisotopic (exact) mass is 562 g/mol. The molecule has 0 radical (unpaired) electrons. The summed E-state index contributed by atoms with van der Waals surface area (Å²) in [5.74, 6) is 4.11. The SMILES string of the molecule is CSCCCNC(=NCc1nnc(C)n1C)NCC(O)c1cccc(OC(C)C)c1.I. The highest BCUT2D eigenvalue weighted by Gasteiger charge is 2.11. The molecule has 0 aliphatic carbocycles. The predicted octanol–water partition coefficient (Wildman–Crippen LogP) is 3.05. The van der Waals surface area contributed by atoms with Crippen molar-refractivity contribution < 1.29 is 9.84 Å². The van der Waals surface area contributed by atoms with Crippen LogP contribution < -0.4 is 15.4 Å². The Hall–Kier alpha value is -1.53. The number of benzene rings is 1. The zero-order chi connectivity index (χ0) is 21.9.